The number of amides is 2. The molecule has 1 N–H and O–H groups in total. The Balaban J connectivity index is 2.05. The number of carbonyl (C=O) groups is 2. The lowest BCUT2D eigenvalue weighted by Gasteiger charge is -2.29. The van der Waals surface area contributed by atoms with Crippen molar-refractivity contribution in [2.45, 2.75) is 50.6 Å². The summed E-state index contributed by atoms with van der Waals surface area (Å²) in [7, 11) is -2.10. The van der Waals surface area contributed by atoms with Crippen molar-refractivity contribution in [1.82, 2.24) is 14.5 Å². The fourth-order valence-corrected chi connectivity index (χ4v) is 4.75. The van der Waals surface area contributed by atoms with Crippen LogP contribution in [-0.4, -0.2) is 55.6 Å². The van der Waals surface area contributed by atoms with E-state index in [0.29, 0.717) is 19.5 Å². The summed E-state index contributed by atoms with van der Waals surface area (Å²) in [5, 5.41) is 2.85. The van der Waals surface area contributed by atoms with Gasteiger partial charge < -0.3 is 10.2 Å². The van der Waals surface area contributed by atoms with Crippen molar-refractivity contribution in [3.05, 3.63) is 64.6 Å². The van der Waals surface area contributed by atoms with Gasteiger partial charge >= 0.3 is 0 Å². The first-order valence-electron chi connectivity index (χ1n) is 11.0. The Hall–Kier alpha value is -2.23. The van der Waals surface area contributed by atoms with E-state index in [4.69, 9.17) is 0 Å². The minimum absolute atomic E-state index is 0.135. The van der Waals surface area contributed by atoms with Crippen LogP contribution in [0.1, 0.15) is 38.7 Å². The number of halogens is 1. The van der Waals surface area contributed by atoms with Gasteiger partial charge in [-0.15, -0.1) is 0 Å². The molecule has 1 unspecified atom stereocenters. The molecule has 0 aromatic heterocycles. The number of nitrogens with one attached hydrogen (secondary N) is 1. The van der Waals surface area contributed by atoms with E-state index < -0.39 is 16.1 Å². The number of rotatable bonds is 12. The van der Waals surface area contributed by atoms with Gasteiger partial charge in [0.1, 0.15) is 6.04 Å². The van der Waals surface area contributed by atoms with Crippen molar-refractivity contribution in [2.24, 2.45) is 0 Å². The molecule has 180 valence electrons. The van der Waals surface area contributed by atoms with E-state index in [2.05, 4.69) is 21.2 Å². The molecule has 9 heteroatoms. The monoisotopic (exact) mass is 537 g/mol. The second-order valence-electron chi connectivity index (χ2n) is 7.86. The highest BCUT2D eigenvalue weighted by molar-refractivity contribution is 9.10. The van der Waals surface area contributed by atoms with Crippen molar-refractivity contribution >= 4 is 37.8 Å². The van der Waals surface area contributed by atoms with E-state index in [0.717, 1.165) is 16.5 Å². The molecule has 0 aliphatic heterocycles. The summed E-state index contributed by atoms with van der Waals surface area (Å²) in [6, 6.07) is 15.2. The van der Waals surface area contributed by atoms with E-state index in [1.165, 1.54) is 11.4 Å². The Kier molecular flexibility index (Phi) is 10.5. The Morgan fingerprint density at radius 3 is 2.30 bits per heavy atom. The fraction of sp³-hybridized carbons (Fsp3) is 0.417. The van der Waals surface area contributed by atoms with Crippen LogP contribution in [0.3, 0.4) is 0 Å². The first-order chi connectivity index (χ1) is 15.7. The highest BCUT2D eigenvalue weighted by Gasteiger charge is 2.26. The first-order valence-corrected chi connectivity index (χ1v) is 13.2. The number of benzene rings is 2. The summed E-state index contributed by atoms with van der Waals surface area (Å²) in [5.41, 5.74) is 0.908. The lowest BCUT2D eigenvalue weighted by Crippen LogP contribution is -2.47. The number of hydrogen-bond donors (Lipinski definition) is 1. The van der Waals surface area contributed by atoms with Gasteiger partial charge in [-0.1, -0.05) is 53.2 Å². The first kappa shape index (κ1) is 27.0. The zero-order valence-electron chi connectivity index (χ0n) is 19.3. The number of carbonyl (C=O) groups excluding carboxylic acids is 2. The van der Waals surface area contributed by atoms with E-state index in [1.54, 1.807) is 42.2 Å². The Morgan fingerprint density at radius 2 is 1.70 bits per heavy atom. The topological polar surface area (TPSA) is 86.8 Å². The predicted molar refractivity (Wildman–Crippen MR) is 133 cm³/mol. The molecular weight excluding hydrogens is 506 g/mol. The van der Waals surface area contributed by atoms with Gasteiger partial charge in [0.25, 0.3) is 0 Å². The quantitative estimate of drug-likeness (QED) is 0.446. The summed E-state index contributed by atoms with van der Waals surface area (Å²) in [5.74, 6) is -0.395. The molecule has 0 saturated carbocycles. The Morgan fingerprint density at radius 1 is 1.06 bits per heavy atom. The minimum Gasteiger partial charge on any atom is -0.354 e. The van der Waals surface area contributed by atoms with Gasteiger partial charge in [0.2, 0.25) is 21.8 Å². The van der Waals surface area contributed by atoms with Crippen LogP contribution in [0.25, 0.3) is 0 Å². The predicted octanol–water partition coefficient (Wildman–Crippen LogP) is 3.79. The molecule has 0 heterocycles. The third-order valence-corrected chi connectivity index (χ3v) is 7.70. The second-order valence-corrected chi connectivity index (χ2v) is 10.8. The summed E-state index contributed by atoms with van der Waals surface area (Å²) < 4.78 is 27.6. The van der Waals surface area contributed by atoms with Crippen LogP contribution in [0.5, 0.6) is 0 Å². The lowest BCUT2D eigenvalue weighted by molar-refractivity contribution is -0.140. The van der Waals surface area contributed by atoms with E-state index >= 15 is 0 Å². The zero-order valence-corrected chi connectivity index (χ0v) is 21.7. The third kappa shape index (κ3) is 7.94. The van der Waals surface area contributed by atoms with Crippen LogP contribution in [0.15, 0.2) is 64.0 Å². The Labute approximate surface area is 205 Å². The molecule has 33 heavy (non-hydrogen) atoms. The van der Waals surface area contributed by atoms with Crippen molar-refractivity contribution in [1.29, 1.82) is 0 Å². The minimum atomic E-state index is -3.61. The molecule has 7 nitrogen and oxygen atoms in total. The maximum Gasteiger partial charge on any atom is 0.242 e. The summed E-state index contributed by atoms with van der Waals surface area (Å²) >= 11 is 3.40. The lowest BCUT2D eigenvalue weighted by atomic mass is 10.1. The molecule has 0 aliphatic carbocycles. The normalized spacial score (nSPS) is 12.4. The third-order valence-electron chi connectivity index (χ3n) is 5.30. The SMILES string of the molecule is CCCNC(=O)C(C)N(Cc1ccc(Br)cc1)C(=O)CCCN(C)S(=O)(=O)c1ccccc1. The number of nitrogens with zero attached hydrogens (tertiary/aromatic N) is 2. The van der Waals surface area contributed by atoms with Gasteiger partial charge in [-0.3, -0.25) is 9.59 Å². The molecule has 0 spiro atoms. The molecule has 0 fully saturated rings. The fourth-order valence-electron chi connectivity index (χ4n) is 3.25. The standard InChI is InChI=1S/C24H32BrN3O4S/c1-4-16-26-24(30)19(2)28(18-20-12-14-21(25)15-13-20)23(29)11-8-17-27(3)33(31,32)22-9-6-5-7-10-22/h5-7,9-10,12-15,19H,4,8,11,16-18H2,1-3H3,(H,26,30). The molecule has 0 saturated heterocycles. The zero-order chi connectivity index (χ0) is 24.4. The van der Waals surface area contributed by atoms with Crippen molar-refractivity contribution in [3.63, 3.8) is 0 Å². The van der Waals surface area contributed by atoms with Crippen LogP contribution in [0, 0.1) is 0 Å². The maximum absolute atomic E-state index is 13.1. The molecule has 2 aromatic carbocycles. The summed E-state index contributed by atoms with van der Waals surface area (Å²) in [6.45, 7) is 4.73. The van der Waals surface area contributed by atoms with Crippen molar-refractivity contribution in [3.8, 4) is 0 Å². The number of sulfonamides is 1. The van der Waals surface area contributed by atoms with Gasteiger partial charge in [-0.2, -0.15) is 0 Å². The van der Waals surface area contributed by atoms with Crippen LogP contribution < -0.4 is 5.32 Å². The highest BCUT2D eigenvalue weighted by Crippen LogP contribution is 2.17. The number of hydrogen-bond acceptors (Lipinski definition) is 4. The summed E-state index contributed by atoms with van der Waals surface area (Å²) in [6.07, 6.45) is 1.29. The van der Waals surface area contributed by atoms with Crippen LogP contribution >= 0.6 is 15.9 Å². The highest BCUT2D eigenvalue weighted by atomic mass is 79.9. The van der Waals surface area contributed by atoms with Gasteiger partial charge in [-0.25, -0.2) is 12.7 Å². The van der Waals surface area contributed by atoms with Crippen molar-refractivity contribution in [2.75, 3.05) is 20.1 Å². The Bertz CT molecular complexity index is 1010. The molecule has 1 atom stereocenters. The molecular formula is C24H32BrN3O4S. The average Bonchev–Trinajstić information content (AvgIpc) is 2.82. The molecule has 2 rings (SSSR count). The molecule has 0 aliphatic rings. The average molecular weight is 539 g/mol. The van der Waals surface area contributed by atoms with Gasteiger partial charge in [-0.05, 0) is 49.6 Å². The van der Waals surface area contributed by atoms with E-state index in [1.807, 2.05) is 31.2 Å². The molecule has 2 amide bonds. The maximum atomic E-state index is 13.1. The molecule has 0 radical (unpaired) electrons. The van der Waals surface area contributed by atoms with E-state index in [-0.39, 0.29) is 29.7 Å². The largest absolute Gasteiger partial charge is 0.354 e. The van der Waals surface area contributed by atoms with Gasteiger partial charge in [0, 0.05) is 37.6 Å². The second kappa shape index (κ2) is 12.9. The van der Waals surface area contributed by atoms with Crippen LogP contribution in [-0.2, 0) is 26.2 Å². The summed E-state index contributed by atoms with van der Waals surface area (Å²) in [4.78, 5) is 27.4. The molecule has 0 bridgehead atoms. The van der Waals surface area contributed by atoms with Gasteiger partial charge in [0.15, 0.2) is 0 Å². The smallest absolute Gasteiger partial charge is 0.242 e. The van der Waals surface area contributed by atoms with Gasteiger partial charge in [0.05, 0.1) is 4.90 Å². The van der Waals surface area contributed by atoms with Crippen LogP contribution in [0.4, 0.5) is 0 Å². The van der Waals surface area contributed by atoms with Crippen LogP contribution in [0.2, 0.25) is 0 Å². The molecule has 2 aromatic rings. The van der Waals surface area contributed by atoms with Crippen molar-refractivity contribution < 1.29 is 18.0 Å². The van der Waals surface area contributed by atoms with E-state index in [9.17, 15) is 18.0 Å².